The molecule has 0 radical (unpaired) electrons. The molecule has 0 heterocycles. The van der Waals surface area contributed by atoms with Gasteiger partial charge >= 0.3 is 0 Å². The van der Waals surface area contributed by atoms with E-state index in [0.717, 1.165) is 25.1 Å². The quantitative estimate of drug-likeness (QED) is 0.798. The Kier molecular flexibility index (Phi) is 5.43. The SMILES string of the molecule is CCCN(C)CC(NC)c1ccccc1F. The first-order chi connectivity index (χ1) is 7.69. The van der Waals surface area contributed by atoms with Gasteiger partial charge in [-0.25, -0.2) is 4.39 Å². The van der Waals surface area contributed by atoms with Crippen LogP contribution < -0.4 is 5.32 Å². The van der Waals surface area contributed by atoms with E-state index in [0.29, 0.717) is 0 Å². The Morgan fingerprint density at radius 2 is 2.06 bits per heavy atom. The maximum atomic E-state index is 13.6. The summed E-state index contributed by atoms with van der Waals surface area (Å²) < 4.78 is 13.6. The normalized spacial score (nSPS) is 13.1. The summed E-state index contributed by atoms with van der Waals surface area (Å²) in [5.41, 5.74) is 0.743. The van der Waals surface area contributed by atoms with E-state index in [1.54, 1.807) is 6.07 Å². The van der Waals surface area contributed by atoms with Crippen LogP contribution in [0.5, 0.6) is 0 Å². The summed E-state index contributed by atoms with van der Waals surface area (Å²) in [4.78, 5) is 2.22. The summed E-state index contributed by atoms with van der Waals surface area (Å²) in [6, 6.07) is 7.01. The zero-order valence-electron chi connectivity index (χ0n) is 10.3. The molecule has 0 aliphatic rings. The van der Waals surface area contributed by atoms with Crippen LogP contribution in [0, 0.1) is 5.82 Å². The van der Waals surface area contributed by atoms with Crippen molar-refractivity contribution in [3.8, 4) is 0 Å². The van der Waals surface area contributed by atoms with Crippen LogP contribution >= 0.6 is 0 Å². The first-order valence-electron chi connectivity index (χ1n) is 5.79. The number of nitrogens with one attached hydrogen (secondary N) is 1. The molecule has 0 fully saturated rings. The lowest BCUT2D eigenvalue weighted by Gasteiger charge is -2.24. The van der Waals surface area contributed by atoms with Crippen LogP contribution in [-0.4, -0.2) is 32.1 Å². The van der Waals surface area contributed by atoms with Gasteiger partial charge in [0.05, 0.1) is 0 Å². The largest absolute Gasteiger partial charge is 0.312 e. The second kappa shape index (κ2) is 6.61. The predicted molar refractivity (Wildman–Crippen MR) is 66.0 cm³/mol. The van der Waals surface area contributed by atoms with Crippen molar-refractivity contribution in [2.45, 2.75) is 19.4 Å². The lowest BCUT2D eigenvalue weighted by Crippen LogP contribution is -2.32. The van der Waals surface area contributed by atoms with E-state index in [-0.39, 0.29) is 11.9 Å². The Labute approximate surface area is 97.5 Å². The van der Waals surface area contributed by atoms with Gasteiger partial charge in [0.1, 0.15) is 5.82 Å². The highest BCUT2D eigenvalue weighted by atomic mass is 19.1. The van der Waals surface area contributed by atoms with Crippen LogP contribution in [-0.2, 0) is 0 Å². The summed E-state index contributed by atoms with van der Waals surface area (Å²) in [6.45, 7) is 4.01. The molecule has 90 valence electrons. The second-order valence-corrected chi connectivity index (χ2v) is 4.13. The van der Waals surface area contributed by atoms with E-state index in [2.05, 4.69) is 24.2 Å². The third kappa shape index (κ3) is 3.58. The zero-order valence-corrected chi connectivity index (χ0v) is 10.3. The van der Waals surface area contributed by atoms with Crippen molar-refractivity contribution in [3.05, 3.63) is 35.6 Å². The Morgan fingerprint density at radius 3 is 2.62 bits per heavy atom. The monoisotopic (exact) mass is 224 g/mol. The van der Waals surface area contributed by atoms with Crippen LogP contribution in [0.25, 0.3) is 0 Å². The van der Waals surface area contributed by atoms with Crippen LogP contribution in [0.3, 0.4) is 0 Å². The lowest BCUT2D eigenvalue weighted by molar-refractivity contribution is 0.294. The smallest absolute Gasteiger partial charge is 0.128 e. The van der Waals surface area contributed by atoms with Gasteiger partial charge in [-0.15, -0.1) is 0 Å². The molecular weight excluding hydrogens is 203 g/mol. The summed E-state index contributed by atoms with van der Waals surface area (Å²) in [6.07, 6.45) is 1.12. The number of likely N-dealkylation sites (N-methyl/N-ethyl adjacent to an activating group) is 2. The molecule has 1 N–H and O–H groups in total. The minimum absolute atomic E-state index is 0.0535. The maximum absolute atomic E-state index is 13.6. The first kappa shape index (κ1) is 13.1. The molecule has 0 spiro atoms. The maximum Gasteiger partial charge on any atom is 0.128 e. The van der Waals surface area contributed by atoms with E-state index < -0.39 is 0 Å². The van der Waals surface area contributed by atoms with E-state index in [1.165, 1.54) is 6.07 Å². The number of hydrogen-bond donors (Lipinski definition) is 1. The molecule has 1 unspecified atom stereocenters. The molecule has 0 aliphatic heterocycles. The van der Waals surface area contributed by atoms with Crippen molar-refractivity contribution >= 4 is 0 Å². The van der Waals surface area contributed by atoms with Gasteiger partial charge < -0.3 is 10.2 Å². The highest BCUT2D eigenvalue weighted by Crippen LogP contribution is 2.17. The number of rotatable bonds is 6. The van der Waals surface area contributed by atoms with Gasteiger partial charge in [0.25, 0.3) is 0 Å². The fourth-order valence-corrected chi connectivity index (χ4v) is 1.89. The van der Waals surface area contributed by atoms with Crippen molar-refractivity contribution < 1.29 is 4.39 Å². The Balaban J connectivity index is 2.71. The van der Waals surface area contributed by atoms with E-state index in [9.17, 15) is 4.39 Å². The molecule has 0 saturated carbocycles. The summed E-state index contributed by atoms with van der Waals surface area (Å²) in [5, 5.41) is 3.17. The average molecular weight is 224 g/mol. The van der Waals surface area contributed by atoms with Crippen molar-refractivity contribution in [3.63, 3.8) is 0 Å². The highest BCUT2D eigenvalue weighted by molar-refractivity contribution is 5.21. The molecule has 0 amide bonds. The van der Waals surface area contributed by atoms with Crippen LogP contribution in [0.4, 0.5) is 4.39 Å². The van der Waals surface area contributed by atoms with Gasteiger partial charge in [-0.3, -0.25) is 0 Å². The third-order valence-electron chi connectivity index (χ3n) is 2.73. The predicted octanol–water partition coefficient (Wildman–Crippen LogP) is 2.43. The number of nitrogens with zero attached hydrogens (tertiary/aromatic N) is 1. The molecule has 2 nitrogen and oxygen atoms in total. The fraction of sp³-hybridized carbons (Fsp3) is 0.538. The Hall–Kier alpha value is -0.930. The van der Waals surface area contributed by atoms with E-state index in [4.69, 9.17) is 0 Å². The van der Waals surface area contributed by atoms with Crippen LogP contribution in [0.2, 0.25) is 0 Å². The summed E-state index contributed by atoms with van der Waals surface area (Å²) in [5.74, 6) is -0.133. The van der Waals surface area contributed by atoms with Crippen LogP contribution in [0.15, 0.2) is 24.3 Å². The number of hydrogen-bond acceptors (Lipinski definition) is 2. The Bertz CT molecular complexity index is 315. The molecule has 1 atom stereocenters. The van der Waals surface area contributed by atoms with Gasteiger partial charge in [0, 0.05) is 18.2 Å². The van der Waals surface area contributed by atoms with Crippen molar-refractivity contribution in [1.29, 1.82) is 0 Å². The molecular formula is C13H21FN2. The summed E-state index contributed by atoms with van der Waals surface area (Å²) in [7, 11) is 3.94. The van der Waals surface area contributed by atoms with Crippen molar-refractivity contribution in [2.24, 2.45) is 0 Å². The minimum Gasteiger partial charge on any atom is -0.312 e. The van der Waals surface area contributed by atoms with Crippen molar-refractivity contribution in [1.82, 2.24) is 10.2 Å². The van der Waals surface area contributed by atoms with Crippen LogP contribution in [0.1, 0.15) is 24.9 Å². The molecule has 1 aromatic rings. The molecule has 0 aromatic heterocycles. The van der Waals surface area contributed by atoms with Gasteiger partial charge in [-0.2, -0.15) is 0 Å². The second-order valence-electron chi connectivity index (χ2n) is 4.13. The van der Waals surface area contributed by atoms with Gasteiger partial charge in [-0.1, -0.05) is 25.1 Å². The molecule has 3 heteroatoms. The summed E-state index contributed by atoms with van der Waals surface area (Å²) >= 11 is 0. The van der Waals surface area contributed by atoms with Gasteiger partial charge in [-0.05, 0) is 33.1 Å². The first-order valence-corrected chi connectivity index (χ1v) is 5.79. The topological polar surface area (TPSA) is 15.3 Å². The zero-order chi connectivity index (χ0) is 12.0. The standard InChI is InChI=1S/C13H21FN2/c1-4-9-16(3)10-13(15-2)11-7-5-6-8-12(11)14/h5-8,13,15H,4,9-10H2,1-3H3. The molecule has 16 heavy (non-hydrogen) atoms. The third-order valence-corrected chi connectivity index (χ3v) is 2.73. The molecule has 0 saturated heterocycles. The molecule has 0 aliphatic carbocycles. The lowest BCUT2D eigenvalue weighted by atomic mass is 10.1. The molecule has 1 rings (SSSR count). The fourth-order valence-electron chi connectivity index (χ4n) is 1.89. The number of halogens is 1. The van der Waals surface area contributed by atoms with E-state index >= 15 is 0 Å². The molecule has 0 bridgehead atoms. The van der Waals surface area contributed by atoms with Gasteiger partial charge in [0.2, 0.25) is 0 Å². The Morgan fingerprint density at radius 1 is 1.38 bits per heavy atom. The van der Waals surface area contributed by atoms with Gasteiger partial charge in [0.15, 0.2) is 0 Å². The minimum atomic E-state index is -0.133. The number of benzene rings is 1. The average Bonchev–Trinajstić information content (AvgIpc) is 2.27. The van der Waals surface area contributed by atoms with Crippen molar-refractivity contribution in [2.75, 3.05) is 27.2 Å². The highest BCUT2D eigenvalue weighted by Gasteiger charge is 2.14. The van der Waals surface area contributed by atoms with E-state index in [1.807, 2.05) is 19.2 Å². The molecule has 1 aromatic carbocycles.